The molecule has 21 heavy (non-hydrogen) atoms. The summed E-state index contributed by atoms with van der Waals surface area (Å²) < 4.78 is 2.00. The smallest absolute Gasteiger partial charge is 0.0709 e. The van der Waals surface area contributed by atoms with Gasteiger partial charge in [0.2, 0.25) is 0 Å². The highest BCUT2D eigenvalue weighted by Gasteiger charge is 2.30. The number of aromatic nitrogens is 2. The first-order chi connectivity index (χ1) is 9.98. The van der Waals surface area contributed by atoms with Crippen molar-refractivity contribution in [3.05, 3.63) is 30.0 Å². The molecule has 0 saturated heterocycles. The van der Waals surface area contributed by atoms with Gasteiger partial charge in [-0.15, -0.1) is 0 Å². The Morgan fingerprint density at radius 1 is 1.29 bits per heavy atom. The summed E-state index contributed by atoms with van der Waals surface area (Å²) in [6, 6.07) is 8.53. The molecule has 1 aromatic carbocycles. The van der Waals surface area contributed by atoms with Gasteiger partial charge >= 0.3 is 0 Å². The number of aryl methyl sites for hydroxylation is 1. The Bertz CT molecular complexity index is 585. The summed E-state index contributed by atoms with van der Waals surface area (Å²) in [5, 5.41) is 9.67. The third kappa shape index (κ3) is 3.46. The summed E-state index contributed by atoms with van der Waals surface area (Å²) >= 11 is 0. The first-order valence-corrected chi connectivity index (χ1v) is 8.09. The van der Waals surface area contributed by atoms with Crippen molar-refractivity contribution in [3.63, 3.8) is 0 Å². The second-order valence-electron chi connectivity index (χ2n) is 6.75. The molecule has 3 heteroatoms. The van der Waals surface area contributed by atoms with E-state index in [0.29, 0.717) is 5.92 Å². The molecule has 1 unspecified atom stereocenters. The van der Waals surface area contributed by atoms with E-state index in [4.69, 9.17) is 5.10 Å². The largest absolute Gasteiger partial charge is 0.316 e. The van der Waals surface area contributed by atoms with E-state index in [9.17, 15) is 0 Å². The topological polar surface area (TPSA) is 29.9 Å². The van der Waals surface area contributed by atoms with Gasteiger partial charge in [-0.25, -0.2) is 0 Å². The Morgan fingerprint density at radius 2 is 2.00 bits per heavy atom. The summed E-state index contributed by atoms with van der Waals surface area (Å²) in [6.07, 6.45) is 2.20. The zero-order valence-electron chi connectivity index (χ0n) is 14.1. The molecule has 116 valence electrons. The van der Waals surface area contributed by atoms with Crippen LogP contribution in [0.3, 0.4) is 0 Å². The van der Waals surface area contributed by atoms with Crippen molar-refractivity contribution in [1.29, 1.82) is 0 Å². The van der Waals surface area contributed by atoms with Crippen LogP contribution in [-0.2, 0) is 13.5 Å². The van der Waals surface area contributed by atoms with Crippen LogP contribution >= 0.6 is 0 Å². The number of nitrogens with one attached hydrogen (secondary N) is 1. The molecule has 0 aliphatic rings. The van der Waals surface area contributed by atoms with Crippen molar-refractivity contribution in [1.82, 2.24) is 15.1 Å². The van der Waals surface area contributed by atoms with Crippen molar-refractivity contribution in [2.45, 2.75) is 40.5 Å². The summed E-state index contributed by atoms with van der Waals surface area (Å²) in [6.45, 7) is 11.4. The summed E-state index contributed by atoms with van der Waals surface area (Å²) in [7, 11) is 2.04. The van der Waals surface area contributed by atoms with Crippen LogP contribution in [-0.4, -0.2) is 22.9 Å². The van der Waals surface area contributed by atoms with E-state index >= 15 is 0 Å². The second-order valence-corrected chi connectivity index (χ2v) is 6.75. The molecule has 0 fully saturated rings. The highest BCUT2D eigenvalue weighted by molar-refractivity contribution is 5.81. The fourth-order valence-electron chi connectivity index (χ4n) is 2.82. The average Bonchev–Trinajstić information content (AvgIpc) is 2.76. The molecule has 0 radical (unpaired) electrons. The number of para-hydroxylation sites is 1. The van der Waals surface area contributed by atoms with Crippen LogP contribution in [0.25, 0.3) is 10.9 Å². The zero-order chi connectivity index (χ0) is 15.5. The van der Waals surface area contributed by atoms with E-state index < -0.39 is 0 Å². The molecular weight excluding hydrogens is 258 g/mol. The van der Waals surface area contributed by atoms with Crippen LogP contribution in [0, 0.1) is 11.3 Å². The van der Waals surface area contributed by atoms with Crippen LogP contribution in [0.4, 0.5) is 0 Å². The molecule has 1 heterocycles. The SMILES string of the molecule is CCCNCC(C)(Cc1nn(C)c2ccccc12)C(C)C. The van der Waals surface area contributed by atoms with Crippen molar-refractivity contribution >= 4 is 10.9 Å². The lowest BCUT2D eigenvalue weighted by atomic mass is 9.75. The summed E-state index contributed by atoms with van der Waals surface area (Å²) in [5.74, 6) is 0.614. The van der Waals surface area contributed by atoms with Gasteiger partial charge in [-0.05, 0) is 36.8 Å². The van der Waals surface area contributed by atoms with Crippen LogP contribution in [0.2, 0.25) is 0 Å². The summed E-state index contributed by atoms with van der Waals surface area (Å²) in [5.41, 5.74) is 2.68. The Morgan fingerprint density at radius 3 is 2.67 bits per heavy atom. The number of benzene rings is 1. The van der Waals surface area contributed by atoms with Crippen LogP contribution < -0.4 is 5.32 Å². The van der Waals surface area contributed by atoms with E-state index in [2.05, 4.69) is 57.3 Å². The van der Waals surface area contributed by atoms with Gasteiger partial charge in [0.15, 0.2) is 0 Å². The lowest BCUT2D eigenvalue weighted by Crippen LogP contribution is -2.38. The van der Waals surface area contributed by atoms with Gasteiger partial charge in [0.25, 0.3) is 0 Å². The third-order valence-electron chi connectivity index (χ3n) is 4.76. The van der Waals surface area contributed by atoms with E-state index in [1.807, 2.05) is 11.7 Å². The number of fused-ring (bicyclic) bond motifs is 1. The maximum absolute atomic E-state index is 4.77. The number of rotatable bonds is 7. The minimum absolute atomic E-state index is 0.228. The lowest BCUT2D eigenvalue weighted by Gasteiger charge is -2.34. The molecule has 0 aliphatic carbocycles. The van der Waals surface area contributed by atoms with Crippen molar-refractivity contribution in [2.75, 3.05) is 13.1 Å². The first-order valence-electron chi connectivity index (χ1n) is 8.09. The zero-order valence-corrected chi connectivity index (χ0v) is 14.1. The van der Waals surface area contributed by atoms with E-state index in [-0.39, 0.29) is 5.41 Å². The van der Waals surface area contributed by atoms with Crippen LogP contribution in [0.1, 0.15) is 39.8 Å². The van der Waals surface area contributed by atoms with Gasteiger partial charge in [0, 0.05) is 19.0 Å². The predicted octanol–water partition coefficient (Wildman–Crippen LogP) is 3.78. The monoisotopic (exact) mass is 287 g/mol. The van der Waals surface area contributed by atoms with Gasteiger partial charge in [0.1, 0.15) is 0 Å². The molecule has 3 nitrogen and oxygen atoms in total. The van der Waals surface area contributed by atoms with Gasteiger partial charge in [-0.3, -0.25) is 4.68 Å². The minimum Gasteiger partial charge on any atom is -0.316 e. The molecule has 0 saturated carbocycles. The van der Waals surface area contributed by atoms with Crippen molar-refractivity contribution < 1.29 is 0 Å². The molecule has 1 aromatic heterocycles. The number of nitrogens with zero attached hydrogens (tertiary/aromatic N) is 2. The highest BCUT2D eigenvalue weighted by atomic mass is 15.3. The minimum atomic E-state index is 0.228. The van der Waals surface area contributed by atoms with Crippen LogP contribution in [0.15, 0.2) is 24.3 Å². The fraction of sp³-hybridized carbons (Fsp3) is 0.611. The first kappa shape index (κ1) is 16.0. The number of hydrogen-bond acceptors (Lipinski definition) is 2. The molecule has 0 spiro atoms. The van der Waals surface area contributed by atoms with E-state index in [0.717, 1.165) is 19.5 Å². The van der Waals surface area contributed by atoms with Crippen LogP contribution in [0.5, 0.6) is 0 Å². The Labute approximate surface area is 128 Å². The van der Waals surface area contributed by atoms with Gasteiger partial charge in [-0.2, -0.15) is 5.10 Å². The maximum Gasteiger partial charge on any atom is 0.0709 e. The molecule has 0 amide bonds. The molecule has 0 aliphatic heterocycles. The quantitative estimate of drug-likeness (QED) is 0.785. The van der Waals surface area contributed by atoms with E-state index in [1.165, 1.54) is 23.0 Å². The second kappa shape index (κ2) is 6.61. The Balaban J connectivity index is 2.26. The third-order valence-corrected chi connectivity index (χ3v) is 4.76. The molecule has 2 rings (SSSR count). The molecule has 1 N–H and O–H groups in total. The van der Waals surface area contributed by atoms with Gasteiger partial charge < -0.3 is 5.32 Å². The van der Waals surface area contributed by atoms with Gasteiger partial charge in [-0.1, -0.05) is 45.9 Å². The summed E-state index contributed by atoms with van der Waals surface area (Å²) in [4.78, 5) is 0. The highest BCUT2D eigenvalue weighted by Crippen LogP contribution is 2.32. The van der Waals surface area contributed by atoms with Gasteiger partial charge in [0.05, 0.1) is 11.2 Å². The fourth-order valence-corrected chi connectivity index (χ4v) is 2.82. The average molecular weight is 287 g/mol. The normalized spacial score (nSPS) is 14.8. The lowest BCUT2D eigenvalue weighted by molar-refractivity contribution is 0.206. The molecular formula is C18H29N3. The standard InChI is InChI=1S/C18H29N3/c1-6-11-19-13-18(4,14(2)3)12-16-15-9-7-8-10-17(15)21(5)20-16/h7-10,14,19H,6,11-13H2,1-5H3. The maximum atomic E-state index is 4.77. The van der Waals surface area contributed by atoms with E-state index in [1.54, 1.807) is 0 Å². The molecule has 2 aromatic rings. The van der Waals surface area contributed by atoms with Crippen molar-refractivity contribution in [3.8, 4) is 0 Å². The predicted molar refractivity (Wildman–Crippen MR) is 90.5 cm³/mol. The molecule has 0 bridgehead atoms. The van der Waals surface area contributed by atoms with Crippen molar-refractivity contribution in [2.24, 2.45) is 18.4 Å². The molecule has 1 atom stereocenters. The Kier molecular flexibility index (Phi) is 5.04. The Hall–Kier alpha value is -1.35. The number of hydrogen-bond donors (Lipinski definition) is 1.